The van der Waals surface area contributed by atoms with Crippen molar-refractivity contribution in [3.05, 3.63) is 0 Å². The molecule has 58 heavy (non-hydrogen) atoms. The van der Waals surface area contributed by atoms with E-state index in [-0.39, 0.29) is 12.5 Å². The van der Waals surface area contributed by atoms with Crippen LogP contribution in [0.5, 0.6) is 0 Å². The average Bonchev–Trinajstić information content (AvgIpc) is 3.23. The number of aliphatic hydroxyl groups is 2. The first kappa shape index (κ1) is 57.4. The van der Waals surface area contributed by atoms with Gasteiger partial charge in [-0.2, -0.15) is 0 Å². The number of unbranched alkanes of at least 4 members (excludes halogenated alkanes) is 44. The number of nitrogens with one attached hydrogen (secondary N) is 1. The molecule has 0 aromatic heterocycles. The molecule has 0 heterocycles. The second kappa shape index (κ2) is 50.7. The van der Waals surface area contributed by atoms with Crippen LogP contribution < -0.4 is 5.32 Å². The van der Waals surface area contributed by atoms with Gasteiger partial charge in [0.25, 0.3) is 0 Å². The predicted octanol–water partition coefficient (Wildman–Crippen LogP) is 17.6. The topological polar surface area (TPSA) is 69.6 Å². The molecule has 0 rings (SSSR count). The number of carbonyl (C=O) groups is 1. The van der Waals surface area contributed by atoms with Crippen LogP contribution in [0.3, 0.4) is 0 Å². The monoisotopic (exact) mass is 820 g/mol. The molecule has 0 bridgehead atoms. The molecule has 0 aliphatic heterocycles. The normalized spacial score (nSPS) is 12.7. The summed E-state index contributed by atoms with van der Waals surface area (Å²) in [5.41, 5.74) is 0. The second-order valence-corrected chi connectivity index (χ2v) is 19.0. The molecule has 0 aromatic rings. The lowest BCUT2D eigenvalue weighted by Gasteiger charge is -2.22. The molecule has 0 aliphatic rings. The summed E-state index contributed by atoms with van der Waals surface area (Å²) in [7, 11) is 0. The summed E-state index contributed by atoms with van der Waals surface area (Å²) in [6.45, 7) is 4.36. The van der Waals surface area contributed by atoms with Crippen LogP contribution in [0.4, 0.5) is 0 Å². The number of hydrogen-bond donors (Lipinski definition) is 3. The van der Waals surface area contributed by atoms with E-state index in [0.29, 0.717) is 12.8 Å². The van der Waals surface area contributed by atoms with Crippen molar-refractivity contribution in [2.75, 3.05) is 6.61 Å². The molecule has 348 valence electrons. The molecular formula is C54H109NO3. The third kappa shape index (κ3) is 46.5. The lowest BCUT2D eigenvalue weighted by atomic mass is 10.0. The lowest BCUT2D eigenvalue weighted by molar-refractivity contribution is -0.123. The van der Waals surface area contributed by atoms with Crippen LogP contribution in [0.2, 0.25) is 0 Å². The Bertz CT molecular complexity index is 759. The minimum Gasteiger partial charge on any atom is -0.394 e. The van der Waals surface area contributed by atoms with Crippen LogP contribution in [0.1, 0.15) is 322 Å². The SMILES string of the molecule is CCCCCCCCCCCCCCCCCCCCCCCCCCCCCCCCCCCCCCCCC(=O)NC(CO)C(O)CCCCCCCCCC. The van der Waals surface area contributed by atoms with Crippen molar-refractivity contribution in [1.82, 2.24) is 5.32 Å². The zero-order valence-electron chi connectivity index (χ0n) is 40.1. The van der Waals surface area contributed by atoms with Crippen LogP contribution in [0, 0.1) is 0 Å². The van der Waals surface area contributed by atoms with Crippen molar-refractivity contribution >= 4 is 5.91 Å². The first-order valence-electron chi connectivity index (χ1n) is 27.2. The highest BCUT2D eigenvalue weighted by molar-refractivity contribution is 5.76. The second-order valence-electron chi connectivity index (χ2n) is 19.0. The molecule has 0 saturated carbocycles. The zero-order valence-corrected chi connectivity index (χ0v) is 40.1. The van der Waals surface area contributed by atoms with Crippen molar-refractivity contribution in [2.24, 2.45) is 0 Å². The molecule has 2 atom stereocenters. The smallest absolute Gasteiger partial charge is 0.220 e. The summed E-state index contributed by atoms with van der Waals surface area (Å²) < 4.78 is 0. The highest BCUT2D eigenvalue weighted by Gasteiger charge is 2.20. The average molecular weight is 820 g/mol. The highest BCUT2D eigenvalue weighted by atomic mass is 16.3. The third-order valence-corrected chi connectivity index (χ3v) is 13.1. The van der Waals surface area contributed by atoms with Gasteiger partial charge in [-0.1, -0.05) is 303 Å². The van der Waals surface area contributed by atoms with Crippen LogP contribution >= 0.6 is 0 Å². The van der Waals surface area contributed by atoms with Gasteiger partial charge in [0.05, 0.1) is 18.8 Å². The number of hydrogen-bond acceptors (Lipinski definition) is 3. The van der Waals surface area contributed by atoms with Crippen molar-refractivity contribution < 1.29 is 15.0 Å². The van der Waals surface area contributed by atoms with Gasteiger partial charge in [0.15, 0.2) is 0 Å². The summed E-state index contributed by atoms with van der Waals surface area (Å²) in [4.78, 5) is 12.4. The quantitative estimate of drug-likeness (QED) is 0.0536. The minimum atomic E-state index is -0.651. The van der Waals surface area contributed by atoms with Crippen LogP contribution in [-0.4, -0.2) is 34.9 Å². The summed E-state index contributed by atoms with van der Waals surface area (Å²) in [6, 6.07) is -0.528. The number of amides is 1. The maximum absolute atomic E-state index is 12.4. The molecule has 4 heteroatoms. The maximum Gasteiger partial charge on any atom is 0.220 e. The Morgan fingerprint density at radius 2 is 0.552 bits per heavy atom. The van der Waals surface area contributed by atoms with E-state index in [1.165, 1.54) is 270 Å². The van der Waals surface area contributed by atoms with Gasteiger partial charge in [-0.05, 0) is 12.8 Å². The third-order valence-electron chi connectivity index (χ3n) is 13.1. The van der Waals surface area contributed by atoms with Gasteiger partial charge in [-0.3, -0.25) is 4.79 Å². The summed E-state index contributed by atoms with van der Waals surface area (Å²) in [5, 5.41) is 23.0. The van der Waals surface area contributed by atoms with Gasteiger partial charge < -0.3 is 15.5 Å². The predicted molar refractivity (Wildman–Crippen MR) is 258 cm³/mol. The van der Waals surface area contributed by atoms with E-state index in [9.17, 15) is 15.0 Å². The van der Waals surface area contributed by atoms with Gasteiger partial charge >= 0.3 is 0 Å². The van der Waals surface area contributed by atoms with Gasteiger partial charge in [0, 0.05) is 6.42 Å². The molecule has 0 radical (unpaired) electrons. The van der Waals surface area contributed by atoms with Crippen LogP contribution in [0.25, 0.3) is 0 Å². The van der Waals surface area contributed by atoms with E-state index in [4.69, 9.17) is 0 Å². The molecule has 0 aromatic carbocycles. The molecule has 1 amide bonds. The molecule has 2 unspecified atom stereocenters. The molecule has 4 nitrogen and oxygen atoms in total. The summed E-state index contributed by atoms with van der Waals surface area (Å²) >= 11 is 0. The highest BCUT2D eigenvalue weighted by Crippen LogP contribution is 2.18. The molecule has 0 spiro atoms. The van der Waals surface area contributed by atoms with E-state index >= 15 is 0 Å². The largest absolute Gasteiger partial charge is 0.394 e. The van der Waals surface area contributed by atoms with Gasteiger partial charge in [-0.25, -0.2) is 0 Å². The number of carbonyl (C=O) groups excluding carboxylic acids is 1. The minimum absolute atomic E-state index is 0.0274. The molecule has 0 aliphatic carbocycles. The molecule has 0 saturated heterocycles. The Morgan fingerprint density at radius 3 is 0.776 bits per heavy atom. The maximum atomic E-state index is 12.4. The van der Waals surface area contributed by atoms with Crippen molar-refractivity contribution in [2.45, 2.75) is 334 Å². The molecule has 0 fully saturated rings. The molecule has 3 N–H and O–H groups in total. The van der Waals surface area contributed by atoms with Crippen LogP contribution in [0.15, 0.2) is 0 Å². The van der Waals surface area contributed by atoms with Gasteiger partial charge in [0.2, 0.25) is 5.91 Å². The standard InChI is InChI=1S/C54H109NO3/c1-3-5-7-9-11-13-14-15-16-17-18-19-20-21-22-23-24-25-26-27-28-29-30-31-32-33-34-35-36-37-38-39-40-41-42-44-46-48-50-54(58)55-52(51-56)53(57)49-47-45-43-12-10-8-6-4-2/h52-53,56-57H,3-51H2,1-2H3,(H,55,58). The summed E-state index contributed by atoms with van der Waals surface area (Å²) in [5.74, 6) is -0.0274. The number of aliphatic hydroxyl groups excluding tert-OH is 2. The first-order chi connectivity index (χ1) is 28.7. The Labute approximate surface area is 365 Å². The zero-order chi connectivity index (χ0) is 42.1. The fourth-order valence-corrected chi connectivity index (χ4v) is 8.95. The molecular weight excluding hydrogens is 711 g/mol. The fraction of sp³-hybridized carbons (Fsp3) is 0.981. The van der Waals surface area contributed by atoms with Gasteiger partial charge in [0.1, 0.15) is 0 Å². The Balaban J connectivity index is 3.27. The van der Waals surface area contributed by atoms with E-state index in [1.54, 1.807) is 0 Å². The number of rotatable bonds is 51. The Kier molecular flexibility index (Phi) is 50.2. The Morgan fingerprint density at radius 1 is 0.345 bits per heavy atom. The van der Waals surface area contributed by atoms with E-state index in [1.807, 2.05) is 0 Å². The van der Waals surface area contributed by atoms with Crippen LogP contribution in [-0.2, 0) is 4.79 Å². The van der Waals surface area contributed by atoms with Crippen molar-refractivity contribution in [3.8, 4) is 0 Å². The Hall–Kier alpha value is -0.610. The van der Waals surface area contributed by atoms with Crippen molar-refractivity contribution in [1.29, 1.82) is 0 Å². The van der Waals surface area contributed by atoms with E-state index in [2.05, 4.69) is 19.2 Å². The summed E-state index contributed by atoms with van der Waals surface area (Å²) in [6.07, 6.45) is 64.1. The van der Waals surface area contributed by atoms with E-state index < -0.39 is 12.1 Å². The fourth-order valence-electron chi connectivity index (χ4n) is 8.95. The lowest BCUT2D eigenvalue weighted by Crippen LogP contribution is -2.45. The van der Waals surface area contributed by atoms with Gasteiger partial charge in [-0.15, -0.1) is 0 Å². The van der Waals surface area contributed by atoms with Crippen molar-refractivity contribution in [3.63, 3.8) is 0 Å². The van der Waals surface area contributed by atoms with E-state index in [0.717, 1.165) is 25.7 Å². The first-order valence-corrected chi connectivity index (χ1v) is 27.2.